The Balaban J connectivity index is 2.38. The number of likely N-dealkylation sites (N-methyl/N-ethyl adjacent to an activating group) is 1. The Bertz CT molecular complexity index is 1030. The van der Waals surface area contributed by atoms with Crippen LogP contribution in [0.4, 0.5) is 10.1 Å². The molecule has 0 aliphatic heterocycles. The smallest absolute Gasteiger partial charge is 0.244 e. The summed E-state index contributed by atoms with van der Waals surface area (Å²) in [6.07, 6.45) is 0.925. The summed E-state index contributed by atoms with van der Waals surface area (Å²) in [5.41, 5.74) is 0.685. The molecule has 1 atom stereocenters. The van der Waals surface area contributed by atoms with E-state index in [-0.39, 0.29) is 12.2 Å². The van der Waals surface area contributed by atoms with Gasteiger partial charge in [0.05, 0.1) is 11.9 Å². The van der Waals surface area contributed by atoms with Gasteiger partial charge in [-0.05, 0) is 42.8 Å². The second-order valence-corrected chi connectivity index (χ2v) is 9.03. The highest BCUT2D eigenvalue weighted by molar-refractivity contribution is 7.92. The number of hydrogen-bond donors (Lipinski definition) is 1. The topological polar surface area (TPSA) is 86.8 Å². The maximum absolute atomic E-state index is 13.6. The summed E-state index contributed by atoms with van der Waals surface area (Å²) >= 11 is 6.01. The number of nitrogens with zero attached hydrogens (tertiary/aromatic N) is 2. The fraction of sp³-hybridized carbons (Fsp3) is 0.300. The van der Waals surface area contributed by atoms with Crippen molar-refractivity contribution in [1.82, 2.24) is 10.2 Å². The zero-order valence-corrected chi connectivity index (χ0v) is 18.4. The number of sulfonamides is 1. The van der Waals surface area contributed by atoms with E-state index in [0.717, 1.165) is 16.6 Å². The summed E-state index contributed by atoms with van der Waals surface area (Å²) in [6.45, 7) is 0.979. The normalized spacial score (nSPS) is 12.2. The molecule has 0 aromatic heterocycles. The summed E-state index contributed by atoms with van der Waals surface area (Å²) in [6, 6.07) is 10.8. The third kappa shape index (κ3) is 6.17. The third-order valence-electron chi connectivity index (χ3n) is 4.43. The van der Waals surface area contributed by atoms with E-state index in [1.54, 1.807) is 24.3 Å². The van der Waals surface area contributed by atoms with Crippen LogP contribution in [0, 0.1) is 5.82 Å². The van der Waals surface area contributed by atoms with Crippen molar-refractivity contribution in [2.24, 2.45) is 0 Å². The molecule has 1 N–H and O–H groups in total. The van der Waals surface area contributed by atoms with Crippen molar-refractivity contribution in [1.29, 1.82) is 0 Å². The van der Waals surface area contributed by atoms with Crippen LogP contribution in [-0.4, -0.2) is 51.0 Å². The Morgan fingerprint density at radius 3 is 2.40 bits per heavy atom. The van der Waals surface area contributed by atoms with Crippen molar-refractivity contribution >= 4 is 39.1 Å². The van der Waals surface area contributed by atoms with Gasteiger partial charge in [-0.1, -0.05) is 29.8 Å². The van der Waals surface area contributed by atoms with E-state index in [1.165, 1.54) is 37.1 Å². The predicted octanol–water partition coefficient (Wildman–Crippen LogP) is 2.41. The van der Waals surface area contributed by atoms with Gasteiger partial charge in [-0.15, -0.1) is 0 Å². The second kappa shape index (κ2) is 9.90. The Hall–Kier alpha value is -2.65. The number of anilines is 1. The van der Waals surface area contributed by atoms with Crippen LogP contribution in [0.5, 0.6) is 0 Å². The Labute approximate surface area is 180 Å². The molecular formula is C20H23ClFN3O4S. The van der Waals surface area contributed by atoms with Crippen molar-refractivity contribution in [3.05, 3.63) is 64.9 Å². The molecule has 0 bridgehead atoms. The van der Waals surface area contributed by atoms with E-state index in [4.69, 9.17) is 11.6 Å². The van der Waals surface area contributed by atoms with Gasteiger partial charge in [-0.3, -0.25) is 13.9 Å². The van der Waals surface area contributed by atoms with Crippen LogP contribution in [0.25, 0.3) is 0 Å². The molecule has 0 saturated heterocycles. The van der Waals surface area contributed by atoms with Crippen LogP contribution in [0.15, 0.2) is 48.5 Å². The van der Waals surface area contributed by atoms with Crippen molar-refractivity contribution in [2.75, 3.05) is 24.2 Å². The molecule has 0 heterocycles. The van der Waals surface area contributed by atoms with Gasteiger partial charge in [-0.2, -0.15) is 0 Å². The fourth-order valence-electron chi connectivity index (χ4n) is 2.87. The molecule has 0 unspecified atom stereocenters. The molecule has 0 aliphatic rings. The first-order valence-corrected chi connectivity index (χ1v) is 11.2. The van der Waals surface area contributed by atoms with Gasteiger partial charge >= 0.3 is 0 Å². The Morgan fingerprint density at radius 2 is 1.83 bits per heavy atom. The van der Waals surface area contributed by atoms with Gasteiger partial charge in [0, 0.05) is 18.6 Å². The average Bonchev–Trinajstić information content (AvgIpc) is 2.68. The maximum Gasteiger partial charge on any atom is 0.244 e. The minimum atomic E-state index is -3.90. The molecule has 0 fully saturated rings. The number of carbonyl (C=O) groups is 2. The summed E-state index contributed by atoms with van der Waals surface area (Å²) in [5, 5.41) is 2.94. The highest BCUT2D eigenvalue weighted by Gasteiger charge is 2.29. The van der Waals surface area contributed by atoms with E-state index in [0.29, 0.717) is 10.6 Å². The van der Waals surface area contributed by atoms with E-state index in [2.05, 4.69) is 5.32 Å². The van der Waals surface area contributed by atoms with Gasteiger partial charge in [0.25, 0.3) is 0 Å². The highest BCUT2D eigenvalue weighted by Crippen LogP contribution is 2.20. The fourth-order valence-corrected chi connectivity index (χ4v) is 3.92. The first-order valence-electron chi connectivity index (χ1n) is 9.01. The highest BCUT2D eigenvalue weighted by atomic mass is 35.5. The minimum absolute atomic E-state index is 0.0150. The molecule has 10 heteroatoms. The van der Waals surface area contributed by atoms with E-state index < -0.39 is 40.2 Å². The first kappa shape index (κ1) is 23.6. The van der Waals surface area contributed by atoms with Crippen molar-refractivity contribution in [3.8, 4) is 0 Å². The van der Waals surface area contributed by atoms with Crippen molar-refractivity contribution in [2.45, 2.75) is 19.5 Å². The zero-order chi connectivity index (χ0) is 22.5. The predicted molar refractivity (Wildman–Crippen MR) is 114 cm³/mol. The largest absolute Gasteiger partial charge is 0.357 e. The van der Waals surface area contributed by atoms with Crippen LogP contribution < -0.4 is 9.62 Å². The number of carbonyl (C=O) groups excluding carboxylic acids is 2. The Morgan fingerprint density at radius 1 is 1.17 bits per heavy atom. The SMILES string of the molecule is CNC(=O)[C@H](C)N(Cc1cccc(Cl)c1)C(=O)CN(c1cccc(F)c1)S(C)(=O)=O. The maximum atomic E-state index is 13.6. The molecule has 162 valence electrons. The number of amides is 2. The van der Waals surface area contributed by atoms with Crippen LogP contribution in [-0.2, 0) is 26.2 Å². The first-order chi connectivity index (χ1) is 14.0. The number of hydrogen-bond acceptors (Lipinski definition) is 4. The van der Waals surface area contributed by atoms with Crippen LogP contribution in [0.2, 0.25) is 5.02 Å². The van der Waals surface area contributed by atoms with Gasteiger partial charge < -0.3 is 10.2 Å². The molecule has 0 radical (unpaired) electrons. The molecule has 2 rings (SSSR count). The number of benzene rings is 2. The lowest BCUT2D eigenvalue weighted by molar-refractivity contribution is -0.139. The van der Waals surface area contributed by atoms with Crippen LogP contribution >= 0.6 is 11.6 Å². The van der Waals surface area contributed by atoms with E-state index in [9.17, 15) is 22.4 Å². The summed E-state index contributed by atoms with van der Waals surface area (Å²) in [7, 11) is -2.46. The van der Waals surface area contributed by atoms with Gasteiger partial charge in [-0.25, -0.2) is 12.8 Å². The summed E-state index contributed by atoms with van der Waals surface area (Å²) in [5.74, 6) is -1.68. The van der Waals surface area contributed by atoms with Gasteiger partial charge in [0.15, 0.2) is 0 Å². The average molecular weight is 456 g/mol. The molecule has 2 aromatic carbocycles. The van der Waals surface area contributed by atoms with Crippen molar-refractivity contribution < 1.29 is 22.4 Å². The van der Waals surface area contributed by atoms with E-state index >= 15 is 0 Å². The summed E-state index contributed by atoms with van der Waals surface area (Å²) in [4.78, 5) is 26.6. The van der Waals surface area contributed by atoms with Gasteiger partial charge in [0.1, 0.15) is 18.4 Å². The molecule has 2 amide bonds. The number of rotatable bonds is 8. The summed E-state index contributed by atoms with van der Waals surface area (Å²) < 4.78 is 39.0. The quantitative estimate of drug-likeness (QED) is 0.662. The number of nitrogens with one attached hydrogen (secondary N) is 1. The van der Waals surface area contributed by atoms with Gasteiger partial charge in [0.2, 0.25) is 21.8 Å². The molecule has 0 saturated carbocycles. The van der Waals surface area contributed by atoms with Crippen LogP contribution in [0.3, 0.4) is 0 Å². The second-order valence-electron chi connectivity index (χ2n) is 6.69. The lowest BCUT2D eigenvalue weighted by Gasteiger charge is -2.31. The molecule has 0 spiro atoms. The zero-order valence-electron chi connectivity index (χ0n) is 16.8. The lowest BCUT2D eigenvalue weighted by Crippen LogP contribution is -2.50. The monoisotopic (exact) mass is 455 g/mol. The minimum Gasteiger partial charge on any atom is -0.357 e. The van der Waals surface area contributed by atoms with Crippen molar-refractivity contribution in [3.63, 3.8) is 0 Å². The number of halogens is 2. The molecule has 30 heavy (non-hydrogen) atoms. The molecule has 0 aliphatic carbocycles. The van der Waals surface area contributed by atoms with E-state index in [1.807, 2.05) is 0 Å². The Kier molecular flexibility index (Phi) is 7.80. The lowest BCUT2D eigenvalue weighted by atomic mass is 10.1. The standard InChI is InChI=1S/C20H23ClFN3O4S/c1-14(20(27)23-2)24(12-15-6-4-7-16(21)10-15)19(26)13-25(30(3,28)29)18-9-5-8-17(22)11-18/h4-11,14H,12-13H2,1-3H3,(H,23,27)/t14-/m0/s1. The van der Waals surface area contributed by atoms with Crippen LogP contribution in [0.1, 0.15) is 12.5 Å². The molecule has 7 nitrogen and oxygen atoms in total. The molecular weight excluding hydrogens is 433 g/mol. The third-order valence-corrected chi connectivity index (χ3v) is 5.81. The molecule has 2 aromatic rings.